The number of anilines is 1. The number of hydrogen-bond donors (Lipinski definition) is 0. The van der Waals surface area contributed by atoms with E-state index in [4.69, 9.17) is 14.5 Å². The first-order valence-electron chi connectivity index (χ1n) is 11.8. The van der Waals surface area contributed by atoms with Gasteiger partial charge in [0.1, 0.15) is 17.3 Å². The van der Waals surface area contributed by atoms with Gasteiger partial charge < -0.3 is 18.9 Å². The molecular weight excluding hydrogens is 458 g/mol. The smallest absolute Gasteiger partial charge is 0.227 e. The first kappa shape index (κ1) is 23.3. The van der Waals surface area contributed by atoms with Crippen molar-refractivity contribution in [2.24, 2.45) is 0 Å². The van der Waals surface area contributed by atoms with Gasteiger partial charge in [0.15, 0.2) is 0 Å². The fraction of sp³-hybridized carbons (Fsp3) is 0.286. The van der Waals surface area contributed by atoms with Crippen molar-refractivity contribution in [1.29, 1.82) is 0 Å². The Morgan fingerprint density at radius 2 is 1.83 bits per heavy atom. The Kier molecular flexibility index (Phi) is 6.95. The molecule has 7 heteroatoms. The van der Waals surface area contributed by atoms with Crippen LogP contribution in [0.4, 0.5) is 5.69 Å². The van der Waals surface area contributed by atoms with Gasteiger partial charge in [-0.1, -0.05) is 18.2 Å². The fourth-order valence-electron chi connectivity index (χ4n) is 4.63. The van der Waals surface area contributed by atoms with E-state index in [-0.39, 0.29) is 11.8 Å². The number of ether oxygens (including phenoxy) is 2. The molecule has 4 aromatic rings. The van der Waals surface area contributed by atoms with E-state index in [9.17, 15) is 4.79 Å². The molecule has 3 aromatic carbocycles. The second kappa shape index (κ2) is 10.4. The van der Waals surface area contributed by atoms with Gasteiger partial charge in [-0.25, -0.2) is 4.98 Å². The molecule has 5 rings (SSSR count). The van der Waals surface area contributed by atoms with Crippen LogP contribution in [0.2, 0.25) is 0 Å². The molecule has 1 atom stereocenters. The monoisotopic (exact) mass is 487 g/mol. The lowest BCUT2D eigenvalue weighted by Crippen LogP contribution is -2.24. The lowest BCUT2D eigenvalue weighted by Gasteiger charge is -2.18. The Labute approximate surface area is 209 Å². The summed E-state index contributed by atoms with van der Waals surface area (Å²) in [5.41, 5.74) is 3.02. The van der Waals surface area contributed by atoms with Crippen LogP contribution in [0, 0.1) is 0 Å². The van der Waals surface area contributed by atoms with E-state index in [0.29, 0.717) is 19.6 Å². The Bertz CT molecular complexity index is 1320. The number of hydrogen-bond acceptors (Lipinski definition) is 5. The number of carbonyl (C=O) groups is 1. The maximum absolute atomic E-state index is 13.0. The number of rotatable bonds is 9. The molecule has 0 aliphatic carbocycles. The maximum Gasteiger partial charge on any atom is 0.227 e. The van der Waals surface area contributed by atoms with Gasteiger partial charge in [0.2, 0.25) is 5.91 Å². The molecular formula is C28H29N3O3S. The summed E-state index contributed by atoms with van der Waals surface area (Å²) in [4.78, 5) is 21.0. The van der Waals surface area contributed by atoms with Crippen molar-refractivity contribution in [2.75, 3.05) is 31.4 Å². The van der Waals surface area contributed by atoms with Crippen molar-refractivity contribution in [1.82, 2.24) is 9.55 Å². The van der Waals surface area contributed by atoms with Crippen molar-refractivity contribution >= 4 is 34.4 Å². The van der Waals surface area contributed by atoms with Crippen molar-refractivity contribution in [2.45, 2.75) is 30.2 Å². The largest absolute Gasteiger partial charge is 0.497 e. The Hall–Kier alpha value is -3.45. The first-order chi connectivity index (χ1) is 17.2. The lowest BCUT2D eigenvalue weighted by molar-refractivity contribution is -0.117. The number of amides is 1. The molecule has 0 unspecified atom stereocenters. The number of para-hydroxylation sites is 2. The van der Waals surface area contributed by atoms with E-state index in [0.717, 1.165) is 51.9 Å². The summed E-state index contributed by atoms with van der Waals surface area (Å²) in [6, 6.07) is 24.0. The van der Waals surface area contributed by atoms with Crippen LogP contribution in [0.5, 0.6) is 11.5 Å². The molecule has 0 spiro atoms. The van der Waals surface area contributed by atoms with Gasteiger partial charge in [-0.15, -0.1) is 11.8 Å². The zero-order valence-electron chi connectivity index (χ0n) is 20.0. The zero-order chi connectivity index (χ0) is 24.2. The normalized spacial score (nSPS) is 15.7. The van der Waals surface area contributed by atoms with Crippen molar-refractivity contribution in [3.05, 3.63) is 78.6 Å². The predicted octanol–water partition coefficient (Wildman–Crippen LogP) is 5.76. The van der Waals surface area contributed by atoms with Crippen LogP contribution in [0.15, 0.2) is 77.7 Å². The third-order valence-corrected chi connectivity index (χ3v) is 7.12. The topological polar surface area (TPSA) is 56.6 Å². The van der Waals surface area contributed by atoms with E-state index in [1.165, 1.54) is 0 Å². The summed E-state index contributed by atoms with van der Waals surface area (Å²) >= 11 is 1.68. The van der Waals surface area contributed by atoms with E-state index in [2.05, 4.69) is 29.0 Å². The number of thioether (sulfide) groups is 1. The van der Waals surface area contributed by atoms with Gasteiger partial charge in [0.25, 0.3) is 0 Å². The average Bonchev–Trinajstić information content (AvgIpc) is 3.47. The lowest BCUT2D eigenvalue weighted by atomic mass is 10.1. The van der Waals surface area contributed by atoms with Gasteiger partial charge in [0.05, 0.1) is 24.8 Å². The number of nitrogens with zero attached hydrogens (tertiary/aromatic N) is 3. The van der Waals surface area contributed by atoms with Gasteiger partial charge in [0, 0.05) is 36.0 Å². The zero-order valence-corrected chi connectivity index (χ0v) is 20.8. The molecule has 1 aromatic heterocycles. The highest BCUT2D eigenvalue weighted by Crippen LogP contribution is 2.34. The summed E-state index contributed by atoms with van der Waals surface area (Å²) in [7, 11) is 1.65. The molecule has 1 saturated heterocycles. The SMILES string of the molecule is COc1ccc(OCCCn2c([C@H]3CC(=O)N(c4cccc(SC)c4)C3)nc3ccccc32)cc1. The number of aryl methyl sites for hydroxylation is 1. The molecule has 0 radical (unpaired) electrons. The molecule has 0 N–H and O–H groups in total. The molecule has 1 amide bonds. The number of imidazole rings is 1. The van der Waals surface area contributed by atoms with Crippen LogP contribution in [-0.2, 0) is 11.3 Å². The van der Waals surface area contributed by atoms with Crippen molar-refractivity contribution in [3.8, 4) is 11.5 Å². The van der Waals surface area contributed by atoms with Crippen LogP contribution >= 0.6 is 11.8 Å². The Balaban J connectivity index is 1.32. The molecule has 1 aliphatic heterocycles. The third kappa shape index (κ3) is 5.00. The van der Waals surface area contributed by atoms with Gasteiger partial charge in [-0.2, -0.15) is 0 Å². The molecule has 6 nitrogen and oxygen atoms in total. The van der Waals surface area contributed by atoms with Gasteiger partial charge in [-0.3, -0.25) is 4.79 Å². The van der Waals surface area contributed by atoms with Crippen LogP contribution in [0.3, 0.4) is 0 Å². The molecule has 0 bridgehead atoms. The quantitative estimate of drug-likeness (QED) is 0.222. The van der Waals surface area contributed by atoms with Crippen molar-refractivity contribution in [3.63, 3.8) is 0 Å². The highest BCUT2D eigenvalue weighted by molar-refractivity contribution is 7.98. The summed E-state index contributed by atoms with van der Waals surface area (Å²) in [6.45, 7) is 2.01. The summed E-state index contributed by atoms with van der Waals surface area (Å²) in [5.74, 6) is 2.82. The Morgan fingerprint density at radius 3 is 2.63 bits per heavy atom. The summed E-state index contributed by atoms with van der Waals surface area (Å²) < 4.78 is 13.4. The molecule has 0 saturated carbocycles. The Morgan fingerprint density at radius 1 is 1.03 bits per heavy atom. The second-order valence-corrected chi connectivity index (χ2v) is 9.47. The number of carbonyl (C=O) groups excluding carboxylic acids is 1. The van der Waals surface area contributed by atoms with Crippen LogP contribution in [0.25, 0.3) is 11.0 Å². The maximum atomic E-state index is 13.0. The van der Waals surface area contributed by atoms with Gasteiger partial charge >= 0.3 is 0 Å². The minimum atomic E-state index is 0.0512. The van der Waals surface area contributed by atoms with E-state index >= 15 is 0 Å². The molecule has 2 heterocycles. The predicted molar refractivity (Wildman–Crippen MR) is 141 cm³/mol. The molecule has 1 fully saturated rings. The first-order valence-corrected chi connectivity index (χ1v) is 13.0. The molecule has 35 heavy (non-hydrogen) atoms. The third-order valence-electron chi connectivity index (χ3n) is 6.39. The number of aromatic nitrogens is 2. The van der Waals surface area contributed by atoms with Gasteiger partial charge in [-0.05, 0) is 67.3 Å². The summed E-state index contributed by atoms with van der Waals surface area (Å²) in [6.07, 6.45) is 3.35. The summed E-state index contributed by atoms with van der Waals surface area (Å²) in [5, 5.41) is 0. The van der Waals surface area contributed by atoms with Crippen molar-refractivity contribution < 1.29 is 14.3 Å². The fourth-order valence-corrected chi connectivity index (χ4v) is 5.09. The molecule has 180 valence electrons. The van der Waals surface area contributed by atoms with E-state index < -0.39 is 0 Å². The minimum Gasteiger partial charge on any atom is -0.497 e. The van der Waals surface area contributed by atoms with Crippen LogP contribution < -0.4 is 14.4 Å². The van der Waals surface area contributed by atoms with Crippen LogP contribution in [-0.4, -0.2) is 42.0 Å². The minimum absolute atomic E-state index is 0.0512. The van der Waals surface area contributed by atoms with E-state index in [1.807, 2.05) is 59.5 Å². The number of benzene rings is 3. The number of fused-ring (bicyclic) bond motifs is 1. The van der Waals surface area contributed by atoms with Crippen LogP contribution in [0.1, 0.15) is 24.6 Å². The van der Waals surface area contributed by atoms with E-state index in [1.54, 1.807) is 18.9 Å². The number of methoxy groups -OCH3 is 1. The second-order valence-electron chi connectivity index (χ2n) is 8.59. The standard InChI is InChI=1S/C28H29N3O3S/c1-33-22-11-13-23(14-12-22)34-16-6-15-30-26-10-4-3-9-25(26)29-28(30)20-17-27(32)31(19-20)21-7-5-8-24(18-21)35-2/h3-5,7-14,18,20H,6,15-17,19H2,1-2H3/t20-/m0/s1. The highest BCUT2D eigenvalue weighted by Gasteiger charge is 2.34. The highest BCUT2D eigenvalue weighted by atomic mass is 32.2. The molecule has 1 aliphatic rings. The average molecular weight is 488 g/mol.